The number of carbonyl (C=O) groups is 1. The zero-order valence-electron chi connectivity index (χ0n) is 11.1. The smallest absolute Gasteiger partial charge is 0.310 e. The summed E-state index contributed by atoms with van der Waals surface area (Å²) >= 11 is 0. The van der Waals surface area contributed by atoms with Gasteiger partial charge in [-0.3, -0.25) is 4.79 Å². The summed E-state index contributed by atoms with van der Waals surface area (Å²) in [6, 6.07) is 9.51. The summed E-state index contributed by atoms with van der Waals surface area (Å²) in [4.78, 5) is 20.1. The maximum atomic E-state index is 11.5. The van der Waals surface area contributed by atoms with Crippen LogP contribution in [-0.4, -0.2) is 22.5 Å². The standard InChI is InChI=1S/C15H16N2O2/c1-3-19-14(18)10-12-5-4-6-13(9-12)15-16-8-7-11(2)17-15/h4-9H,3,10H2,1-2H3. The van der Waals surface area contributed by atoms with Crippen molar-refractivity contribution in [3.8, 4) is 11.4 Å². The molecule has 1 heterocycles. The predicted molar refractivity (Wildman–Crippen MR) is 72.5 cm³/mol. The molecule has 1 aromatic carbocycles. The molecule has 98 valence electrons. The molecule has 0 aliphatic rings. The van der Waals surface area contributed by atoms with Crippen LogP contribution in [0.1, 0.15) is 18.2 Å². The van der Waals surface area contributed by atoms with Gasteiger partial charge in [0.15, 0.2) is 5.82 Å². The van der Waals surface area contributed by atoms with Crippen molar-refractivity contribution in [2.24, 2.45) is 0 Å². The van der Waals surface area contributed by atoms with Gasteiger partial charge in [-0.25, -0.2) is 9.97 Å². The number of carbonyl (C=O) groups excluding carboxylic acids is 1. The second-order valence-corrected chi connectivity index (χ2v) is 4.20. The van der Waals surface area contributed by atoms with E-state index in [1.807, 2.05) is 37.3 Å². The first kappa shape index (κ1) is 13.2. The number of benzene rings is 1. The molecule has 4 heteroatoms. The molecule has 0 aliphatic carbocycles. The van der Waals surface area contributed by atoms with E-state index in [1.165, 1.54) is 0 Å². The van der Waals surface area contributed by atoms with E-state index in [4.69, 9.17) is 4.74 Å². The van der Waals surface area contributed by atoms with Gasteiger partial charge in [0.25, 0.3) is 0 Å². The molecule has 0 aliphatic heterocycles. The van der Waals surface area contributed by atoms with Crippen LogP contribution in [0.4, 0.5) is 0 Å². The van der Waals surface area contributed by atoms with Crippen LogP contribution >= 0.6 is 0 Å². The van der Waals surface area contributed by atoms with E-state index in [1.54, 1.807) is 13.1 Å². The molecule has 0 bridgehead atoms. The summed E-state index contributed by atoms with van der Waals surface area (Å²) < 4.78 is 4.94. The second kappa shape index (κ2) is 6.09. The molecule has 0 N–H and O–H groups in total. The Morgan fingerprint density at radius 1 is 1.32 bits per heavy atom. The highest BCUT2D eigenvalue weighted by Crippen LogP contribution is 2.17. The van der Waals surface area contributed by atoms with Crippen LogP contribution in [0.3, 0.4) is 0 Å². The van der Waals surface area contributed by atoms with Crippen LogP contribution < -0.4 is 0 Å². The molecule has 0 fully saturated rings. The van der Waals surface area contributed by atoms with Crippen molar-refractivity contribution >= 4 is 5.97 Å². The maximum absolute atomic E-state index is 11.5. The molecule has 0 amide bonds. The summed E-state index contributed by atoms with van der Waals surface area (Å²) in [5, 5.41) is 0. The Morgan fingerprint density at radius 2 is 2.16 bits per heavy atom. The van der Waals surface area contributed by atoms with Gasteiger partial charge >= 0.3 is 5.97 Å². The van der Waals surface area contributed by atoms with Crippen molar-refractivity contribution in [1.82, 2.24) is 9.97 Å². The van der Waals surface area contributed by atoms with Crippen LogP contribution in [0.5, 0.6) is 0 Å². The van der Waals surface area contributed by atoms with E-state index in [9.17, 15) is 4.79 Å². The van der Waals surface area contributed by atoms with E-state index < -0.39 is 0 Å². The Hall–Kier alpha value is -2.23. The van der Waals surface area contributed by atoms with Crippen molar-refractivity contribution in [3.63, 3.8) is 0 Å². The van der Waals surface area contributed by atoms with Gasteiger partial charge in [-0.1, -0.05) is 18.2 Å². The molecule has 0 saturated carbocycles. The number of esters is 1. The topological polar surface area (TPSA) is 52.1 Å². The highest BCUT2D eigenvalue weighted by Gasteiger charge is 2.06. The van der Waals surface area contributed by atoms with Crippen molar-refractivity contribution in [3.05, 3.63) is 47.8 Å². The number of aryl methyl sites for hydroxylation is 1. The van der Waals surface area contributed by atoms with Gasteiger partial charge in [0.2, 0.25) is 0 Å². The molecule has 2 rings (SSSR count). The van der Waals surface area contributed by atoms with Gasteiger partial charge in [-0.2, -0.15) is 0 Å². The van der Waals surface area contributed by atoms with Crippen LogP contribution in [0.25, 0.3) is 11.4 Å². The van der Waals surface area contributed by atoms with Crippen LogP contribution in [-0.2, 0) is 16.0 Å². The Bertz CT molecular complexity index is 582. The molecule has 0 radical (unpaired) electrons. The van der Waals surface area contributed by atoms with Crippen LogP contribution in [0, 0.1) is 6.92 Å². The average molecular weight is 256 g/mol. The number of rotatable bonds is 4. The van der Waals surface area contributed by atoms with E-state index in [0.717, 1.165) is 16.8 Å². The molecule has 0 spiro atoms. The fourth-order valence-corrected chi connectivity index (χ4v) is 1.79. The van der Waals surface area contributed by atoms with E-state index in [0.29, 0.717) is 12.4 Å². The average Bonchev–Trinajstić information content (AvgIpc) is 2.39. The normalized spacial score (nSPS) is 10.2. The van der Waals surface area contributed by atoms with Gasteiger partial charge in [0.05, 0.1) is 13.0 Å². The molecule has 1 aromatic heterocycles. The monoisotopic (exact) mass is 256 g/mol. The third kappa shape index (κ3) is 3.61. The highest BCUT2D eigenvalue weighted by molar-refractivity contribution is 5.73. The fourth-order valence-electron chi connectivity index (χ4n) is 1.79. The number of hydrogen-bond donors (Lipinski definition) is 0. The fraction of sp³-hybridized carbons (Fsp3) is 0.267. The third-order valence-corrected chi connectivity index (χ3v) is 2.63. The minimum Gasteiger partial charge on any atom is -0.466 e. The Labute approximate surface area is 112 Å². The van der Waals surface area contributed by atoms with Crippen molar-refractivity contribution in [1.29, 1.82) is 0 Å². The lowest BCUT2D eigenvalue weighted by molar-refractivity contribution is -0.142. The SMILES string of the molecule is CCOC(=O)Cc1cccc(-c2nccc(C)n2)c1. The Morgan fingerprint density at radius 3 is 2.89 bits per heavy atom. The summed E-state index contributed by atoms with van der Waals surface area (Å²) in [6.07, 6.45) is 2.00. The maximum Gasteiger partial charge on any atom is 0.310 e. The first-order valence-corrected chi connectivity index (χ1v) is 6.23. The van der Waals surface area contributed by atoms with Gasteiger partial charge < -0.3 is 4.74 Å². The third-order valence-electron chi connectivity index (χ3n) is 2.63. The van der Waals surface area contributed by atoms with E-state index in [-0.39, 0.29) is 12.4 Å². The lowest BCUT2D eigenvalue weighted by Gasteiger charge is -2.05. The first-order chi connectivity index (χ1) is 9.19. The summed E-state index contributed by atoms with van der Waals surface area (Å²) in [7, 11) is 0. The quantitative estimate of drug-likeness (QED) is 0.789. The number of ether oxygens (including phenoxy) is 1. The first-order valence-electron chi connectivity index (χ1n) is 6.23. The molecule has 19 heavy (non-hydrogen) atoms. The zero-order valence-corrected chi connectivity index (χ0v) is 11.1. The van der Waals surface area contributed by atoms with E-state index >= 15 is 0 Å². The lowest BCUT2D eigenvalue weighted by Crippen LogP contribution is -2.07. The minimum absolute atomic E-state index is 0.218. The molecule has 0 unspecified atom stereocenters. The molecule has 0 saturated heterocycles. The van der Waals surface area contributed by atoms with Crippen molar-refractivity contribution in [2.75, 3.05) is 6.61 Å². The lowest BCUT2D eigenvalue weighted by atomic mass is 10.1. The number of hydrogen-bond acceptors (Lipinski definition) is 4. The molecule has 2 aromatic rings. The summed E-state index contributed by atoms with van der Waals surface area (Å²) in [5.41, 5.74) is 2.73. The molecule has 0 atom stereocenters. The highest BCUT2D eigenvalue weighted by atomic mass is 16.5. The second-order valence-electron chi connectivity index (χ2n) is 4.20. The van der Waals surface area contributed by atoms with Crippen molar-refractivity contribution < 1.29 is 9.53 Å². The summed E-state index contributed by atoms with van der Waals surface area (Å²) in [6.45, 7) is 4.13. The van der Waals surface area contributed by atoms with Crippen molar-refractivity contribution in [2.45, 2.75) is 20.3 Å². The Kier molecular flexibility index (Phi) is 4.23. The van der Waals surface area contributed by atoms with Gasteiger partial charge in [-0.15, -0.1) is 0 Å². The van der Waals surface area contributed by atoms with Gasteiger partial charge in [0, 0.05) is 17.5 Å². The minimum atomic E-state index is -0.218. The van der Waals surface area contributed by atoms with E-state index in [2.05, 4.69) is 9.97 Å². The predicted octanol–water partition coefficient (Wildman–Crippen LogP) is 2.56. The largest absolute Gasteiger partial charge is 0.466 e. The molecular weight excluding hydrogens is 240 g/mol. The van der Waals surface area contributed by atoms with Gasteiger partial charge in [0.1, 0.15) is 0 Å². The zero-order chi connectivity index (χ0) is 13.7. The Balaban J connectivity index is 2.22. The number of nitrogens with zero attached hydrogens (tertiary/aromatic N) is 2. The summed E-state index contributed by atoms with van der Waals surface area (Å²) in [5.74, 6) is 0.454. The molecule has 4 nitrogen and oxygen atoms in total. The number of aromatic nitrogens is 2. The van der Waals surface area contributed by atoms with Crippen LogP contribution in [0.2, 0.25) is 0 Å². The van der Waals surface area contributed by atoms with Crippen LogP contribution in [0.15, 0.2) is 36.5 Å². The van der Waals surface area contributed by atoms with Gasteiger partial charge in [-0.05, 0) is 31.5 Å². The molecular formula is C15H16N2O2.